The first-order valence-corrected chi connectivity index (χ1v) is 7.11. The third-order valence-electron chi connectivity index (χ3n) is 3.04. The van der Waals surface area contributed by atoms with Crippen LogP contribution in [0.25, 0.3) is 0 Å². The van der Waals surface area contributed by atoms with Gasteiger partial charge in [0.15, 0.2) is 0 Å². The Labute approximate surface area is 130 Å². The number of anilines is 1. The van der Waals surface area contributed by atoms with Crippen molar-refractivity contribution >= 4 is 17.6 Å². The molecule has 0 fully saturated rings. The van der Waals surface area contributed by atoms with E-state index in [9.17, 15) is 9.59 Å². The first kappa shape index (κ1) is 18.0. The zero-order chi connectivity index (χ0) is 16.9. The second kappa shape index (κ2) is 7.26. The summed E-state index contributed by atoms with van der Waals surface area (Å²) < 4.78 is 5.20. The molecule has 1 aromatic rings. The topological polar surface area (TPSA) is 87.7 Å². The predicted octanol–water partition coefficient (Wildman–Crippen LogP) is 2.17. The first-order valence-electron chi connectivity index (χ1n) is 7.11. The van der Waals surface area contributed by atoms with Crippen LogP contribution in [0.2, 0.25) is 0 Å². The molecule has 0 aliphatic rings. The van der Waals surface area contributed by atoms with E-state index in [-0.39, 0.29) is 18.1 Å². The molecule has 1 rings (SSSR count). The summed E-state index contributed by atoms with van der Waals surface area (Å²) in [4.78, 5) is 22.8. The van der Waals surface area contributed by atoms with E-state index in [1.54, 1.807) is 19.2 Å². The fraction of sp³-hybridized carbons (Fsp3) is 0.500. The molecule has 0 amide bonds. The number of carboxylic acids is 1. The van der Waals surface area contributed by atoms with Crippen LogP contribution in [0.5, 0.6) is 0 Å². The molecule has 0 aromatic heterocycles. The van der Waals surface area contributed by atoms with Gasteiger partial charge in [0.25, 0.3) is 0 Å². The Morgan fingerprint density at radius 1 is 1.27 bits per heavy atom. The summed E-state index contributed by atoms with van der Waals surface area (Å²) in [5.41, 5.74) is 2.23. The summed E-state index contributed by atoms with van der Waals surface area (Å²) in [5, 5.41) is 15.1. The van der Waals surface area contributed by atoms with Gasteiger partial charge in [-0.25, -0.2) is 4.79 Å². The number of benzene rings is 1. The first-order chi connectivity index (χ1) is 10.1. The van der Waals surface area contributed by atoms with Crippen molar-refractivity contribution in [2.75, 3.05) is 18.9 Å². The number of carbonyl (C=O) groups is 2. The molecule has 0 saturated carbocycles. The van der Waals surface area contributed by atoms with Gasteiger partial charge >= 0.3 is 11.9 Å². The van der Waals surface area contributed by atoms with E-state index in [1.807, 2.05) is 27.7 Å². The normalized spacial score (nSPS) is 11.1. The molecular weight excluding hydrogens is 284 g/mol. The van der Waals surface area contributed by atoms with Crippen molar-refractivity contribution in [1.29, 1.82) is 0 Å². The third kappa shape index (κ3) is 5.37. The zero-order valence-corrected chi connectivity index (χ0v) is 13.7. The molecule has 0 spiro atoms. The Kier molecular flexibility index (Phi) is 5.93. The highest BCUT2D eigenvalue weighted by Gasteiger charge is 2.16. The lowest BCUT2D eigenvalue weighted by molar-refractivity contribution is -0.153. The van der Waals surface area contributed by atoms with Crippen molar-refractivity contribution in [2.45, 2.75) is 39.8 Å². The van der Waals surface area contributed by atoms with Gasteiger partial charge in [0.1, 0.15) is 5.60 Å². The van der Waals surface area contributed by atoms with Crippen molar-refractivity contribution in [1.82, 2.24) is 5.32 Å². The van der Waals surface area contributed by atoms with Gasteiger partial charge in [-0.15, -0.1) is 0 Å². The quantitative estimate of drug-likeness (QED) is 0.698. The van der Waals surface area contributed by atoms with Gasteiger partial charge in [0.05, 0.1) is 12.1 Å². The molecule has 0 unspecified atom stereocenters. The summed E-state index contributed by atoms with van der Waals surface area (Å²) >= 11 is 0. The largest absolute Gasteiger partial charge is 0.478 e. The monoisotopic (exact) mass is 308 g/mol. The number of hydrogen-bond acceptors (Lipinski definition) is 5. The SMILES string of the molecule is CNc1cc(C(=O)O)cc(CNCC(=O)OC(C)(C)C)c1C. The molecule has 0 aliphatic heterocycles. The minimum atomic E-state index is -0.982. The molecule has 0 bridgehead atoms. The lowest BCUT2D eigenvalue weighted by atomic mass is 10.0. The highest BCUT2D eigenvalue weighted by Crippen LogP contribution is 2.21. The van der Waals surface area contributed by atoms with E-state index >= 15 is 0 Å². The molecule has 122 valence electrons. The van der Waals surface area contributed by atoms with Crippen LogP contribution in [0.4, 0.5) is 5.69 Å². The standard InChI is InChI=1S/C16H24N2O4/c1-10-12(6-11(15(20)21)7-13(10)17-5)8-18-9-14(19)22-16(2,3)4/h6-7,17-18H,8-9H2,1-5H3,(H,20,21). The number of aromatic carboxylic acids is 1. The molecule has 6 nitrogen and oxygen atoms in total. The summed E-state index contributed by atoms with van der Waals surface area (Å²) in [5.74, 6) is -1.32. The van der Waals surface area contributed by atoms with E-state index in [0.717, 1.165) is 16.8 Å². The Morgan fingerprint density at radius 2 is 1.91 bits per heavy atom. The van der Waals surface area contributed by atoms with Crippen LogP contribution in [0.1, 0.15) is 42.3 Å². The second-order valence-electron chi connectivity index (χ2n) is 6.05. The van der Waals surface area contributed by atoms with Crippen LogP contribution in [-0.2, 0) is 16.1 Å². The fourth-order valence-electron chi connectivity index (χ4n) is 2.02. The van der Waals surface area contributed by atoms with Crippen LogP contribution in [0, 0.1) is 6.92 Å². The highest BCUT2D eigenvalue weighted by molar-refractivity contribution is 5.89. The Bertz CT molecular complexity index is 562. The molecule has 22 heavy (non-hydrogen) atoms. The molecule has 3 N–H and O–H groups in total. The lowest BCUT2D eigenvalue weighted by Crippen LogP contribution is -2.31. The number of nitrogens with one attached hydrogen (secondary N) is 2. The van der Waals surface area contributed by atoms with Gasteiger partial charge in [-0.05, 0) is 51.0 Å². The lowest BCUT2D eigenvalue weighted by Gasteiger charge is -2.20. The van der Waals surface area contributed by atoms with Crippen molar-refractivity contribution in [2.24, 2.45) is 0 Å². The van der Waals surface area contributed by atoms with Gasteiger partial charge in [-0.3, -0.25) is 4.79 Å². The van der Waals surface area contributed by atoms with Crippen LogP contribution >= 0.6 is 0 Å². The van der Waals surface area contributed by atoms with Crippen LogP contribution in [-0.4, -0.2) is 36.2 Å². The van der Waals surface area contributed by atoms with Crippen molar-refractivity contribution in [3.63, 3.8) is 0 Å². The number of ether oxygens (including phenoxy) is 1. The van der Waals surface area contributed by atoms with Gasteiger partial charge < -0.3 is 20.5 Å². The van der Waals surface area contributed by atoms with Crippen LogP contribution in [0.3, 0.4) is 0 Å². The number of carbonyl (C=O) groups excluding carboxylic acids is 1. The molecular formula is C16H24N2O4. The van der Waals surface area contributed by atoms with Crippen molar-refractivity contribution in [3.8, 4) is 0 Å². The van der Waals surface area contributed by atoms with Crippen LogP contribution in [0.15, 0.2) is 12.1 Å². The van der Waals surface area contributed by atoms with Crippen molar-refractivity contribution in [3.05, 3.63) is 28.8 Å². The predicted molar refractivity (Wildman–Crippen MR) is 85.2 cm³/mol. The maximum absolute atomic E-state index is 11.6. The molecule has 0 radical (unpaired) electrons. The average Bonchev–Trinajstić information content (AvgIpc) is 2.38. The van der Waals surface area contributed by atoms with E-state index in [0.29, 0.717) is 6.54 Å². The van der Waals surface area contributed by atoms with E-state index < -0.39 is 11.6 Å². The second-order valence-corrected chi connectivity index (χ2v) is 6.05. The van der Waals surface area contributed by atoms with Gasteiger partial charge in [0, 0.05) is 19.3 Å². The number of carboxylic acid groups (broad SMARTS) is 1. The third-order valence-corrected chi connectivity index (χ3v) is 3.04. The Hall–Kier alpha value is -2.08. The van der Waals surface area contributed by atoms with E-state index in [1.165, 1.54) is 0 Å². The van der Waals surface area contributed by atoms with Gasteiger partial charge in [-0.1, -0.05) is 0 Å². The van der Waals surface area contributed by atoms with E-state index in [4.69, 9.17) is 9.84 Å². The maximum Gasteiger partial charge on any atom is 0.335 e. The molecule has 0 heterocycles. The summed E-state index contributed by atoms with van der Waals surface area (Å²) in [6, 6.07) is 3.20. The highest BCUT2D eigenvalue weighted by atomic mass is 16.6. The summed E-state index contributed by atoms with van der Waals surface area (Å²) in [6.45, 7) is 7.80. The van der Waals surface area contributed by atoms with Crippen LogP contribution < -0.4 is 10.6 Å². The number of rotatable bonds is 6. The zero-order valence-electron chi connectivity index (χ0n) is 13.7. The Morgan fingerprint density at radius 3 is 2.41 bits per heavy atom. The number of esters is 1. The fourth-order valence-corrected chi connectivity index (χ4v) is 2.02. The molecule has 0 atom stereocenters. The average molecular weight is 308 g/mol. The minimum absolute atomic E-state index is 0.0723. The maximum atomic E-state index is 11.6. The minimum Gasteiger partial charge on any atom is -0.478 e. The van der Waals surface area contributed by atoms with Gasteiger partial charge in [0.2, 0.25) is 0 Å². The van der Waals surface area contributed by atoms with Gasteiger partial charge in [-0.2, -0.15) is 0 Å². The molecule has 0 aliphatic carbocycles. The number of hydrogen-bond donors (Lipinski definition) is 3. The smallest absolute Gasteiger partial charge is 0.335 e. The summed E-state index contributed by atoms with van der Waals surface area (Å²) in [6.07, 6.45) is 0. The molecule has 6 heteroatoms. The Balaban J connectivity index is 2.75. The molecule has 0 saturated heterocycles. The molecule has 1 aromatic carbocycles. The van der Waals surface area contributed by atoms with Crippen molar-refractivity contribution < 1.29 is 19.4 Å². The summed E-state index contributed by atoms with van der Waals surface area (Å²) in [7, 11) is 1.74. The van der Waals surface area contributed by atoms with E-state index in [2.05, 4.69) is 10.6 Å².